The molecule has 0 amide bonds. The average molecular weight is 307 g/mol. The summed E-state index contributed by atoms with van der Waals surface area (Å²) in [7, 11) is 0. The van der Waals surface area contributed by atoms with Crippen molar-refractivity contribution in [3.8, 4) is 0 Å². The Kier molecular flexibility index (Phi) is 6.13. The summed E-state index contributed by atoms with van der Waals surface area (Å²) in [5.41, 5.74) is 4.12. The van der Waals surface area contributed by atoms with Gasteiger partial charge in [-0.3, -0.25) is 0 Å². The van der Waals surface area contributed by atoms with Crippen molar-refractivity contribution in [2.75, 3.05) is 6.54 Å². The van der Waals surface area contributed by atoms with Crippen molar-refractivity contribution < 1.29 is 0 Å². The second-order valence-electron chi connectivity index (χ2n) is 6.17. The fraction of sp³-hybridized carbons (Fsp3) is 0.556. The molecule has 2 aromatic rings. The molecule has 0 saturated heterocycles. The lowest BCUT2D eigenvalue weighted by atomic mass is 9.95. The van der Waals surface area contributed by atoms with Gasteiger partial charge in [-0.15, -0.1) is 12.4 Å². The number of hydrogen-bond acceptors (Lipinski definition) is 1. The number of nitrogens with one attached hydrogen (secondary N) is 2. The third kappa shape index (κ3) is 4.02. The van der Waals surface area contributed by atoms with Gasteiger partial charge >= 0.3 is 0 Å². The molecule has 0 spiro atoms. The van der Waals surface area contributed by atoms with Crippen LogP contribution in [0.4, 0.5) is 0 Å². The number of rotatable bonds is 5. The van der Waals surface area contributed by atoms with Gasteiger partial charge in [-0.2, -0.15) is 0 Å². The van der Waals surface area contributed by atoms with Crippen LogP contribution in [0.2, 0.25) is 0 Å². The van der Waals surface area contributed by atoms with E-state index >= 15 is 0 Å². The lowest BCUT2D eigenvalue weighted by molar-refractivity contribution is 0.372. The normalized spacial score (nSPS) is 16.0. The number of aromatic amines is 1. The van der Waals surface area contributed by atoms with Crippen LogP contribution < -0.4 is 5.32 Å². The molecule has 2 nitrogen and oxygen atoms in total. The largest absolute Gasteiger partial charge is 0.358 e. The molecule has 21 heavy (non-hydrogen) atoms. The molecule has 0 aliphatic heterocycles. The molecule has 0 unspecified atom stereocenters. The minimum atomic E-state index is 0. The molecule has 3 rings (SSSR count). The third-order valence-electron chi connectivity index (χ3n) is 4.67. The van der Waals surface area contributed by atoms with E-state index in [1.54, 1.807) is 0 Å². The molecule has 1 heterocycles. The Balaban J connectivity index is 0.00000161. The molecule has 0 atom stereocenters. The van der Waals surface area contributed by atoms with E-state index in [1.165, 1.54) is 67.1 Å². The summed E-state index contributed by atoms with van der Waals surface area (Å²) in [6, 6.07) is 9.44. The first kappa shape index (κ1) is 16.4. The van der Waals surface area contributed by atoms with Crippen molar-refractivity contribution in [3.63, 3.8) is 0 Å². The summed E-state index contributed by atoms with van der Waals surface area (Å²) in [5.74, 6) is 0. The molecule has 1 fully saturated rings. The summed E-state index contributed by atoms with van der Waals surface area (Å²) in [6.45, 7) is 3.35. The monoisotopic (exact) mass is 306 g/mol. The second kappa shape index (κ2) is 7.86. The lowest BCUT2D eigenvalue weighted by Gasteiger charge is -2.22. The minimum Gasteiger partial charge on any atom is -0.358 e. The van der Waals surface area contributed by atoms with E-state index in [0.717, 1.165) is 12.6 Å². The van der Waals surface area contributed by atoms with Crippen molar-refractivity contribution >= 4 is 23.3 Å². The van der Waals surface area contributed by atoms with Crippen LogP contribution in [0.5, 0.6) is 0 Å². The standard InChI is InChI=1S/C18H26N2.ClH/c1-14-16(17-10-5-6-12-18(17)20-14)11-7-13-19-15-8-3-2-4-9-15;/h5-6,10,12,15,19-20H,2-4,7-9,11,13H2,1H3;1H. The van der Waals surface area contributed by atoms with Crippen LogP contribution in [-0.4, -0.2) is 17.6 Å². The topological polar surface area (TPSA) is 27.8 Å². The first-order chi connectivity index (χ1) is 9.84. The highest BCUT2D eigenvalue weighted by Gasteiger charge is 2.12. The van der Waals surface area contributed by atoms with E-state index in [4.69, 9.17) is 0 Å². The zero-order valence-electron chi connectivity index (χ0n) is 13.0. The summed E-state index contributed by atoms with van der Waals surface area (Å²) >= 11 is 0. The van der Waals surface area contributed by atoms with Gasteiger partial charge in [0, 0.05) is 22.6 Å². The highest BCUT2D eigenvalue weighted by molar-refractivity contribution is 5.85. The van der Waals surface area contributed by atoms with E-state index in [0.29, 0.717) is 0 Å². The SMILES string of the molecule is Cc1[nH]c2ccccc2c1CCCNC1CCCCC1.Cl. The van der Waals surface area contributed by atoms with Crippen LogP contribution in [-0.2, 0) is 6.42 Å². The highest BCUT2D eigenvalue weighted by Crippen LogP contribution is 2.23. The number of hydrogen-bond donors (Lipinski definition) is 2. The van der Waals surface area contributed by atoms with E-state index in [-0.39, 0.29) is 12.4 Å². The lowest BCUT2D eigenvalue weighted by Crippen LogP contribution is -2.31. The molecule has 1 aliphatic carbocycles. The van der Waals surface area contributed by atoms with E-state index in [9.17, 15) is 0 Å². The van der Waals surface area contributed by atoms with Crippen LogP contribution in [0.1, 0.15) is 49.8 Å². The third-order valence-corrected chi connectivity index (χ3v) is 4.67. The number of aromatic nitrogens is 1. The van der Waals surface area contributed by atoms with Crippen molar-refractivity contribution in [1.29, 1.82) is 0 Å². The Morgan fingerprint density at radius 2 is 1.90 bits per heavy atom. The van der Waals surface area contributed by atoms with Crippen molar-refractivity contribution in [1.82, 2.24) is 10.3 Å². The Hall–Kier alpha value is -0.990. The number of aryl methyl sites for hydroxylation is 2. The molecule has 1 aliphatic rings. The van der Waals surface area contributed by atoms with Crippen LogP contribution in [0, 0.1) is 6.92 Å². The molecular formula is C18H27ClN2. The van der Waals surface area contributed by atoms with Crippen LogP contribution in [0.3, 0.4) is 0 Å². The van der Waals surface area contributed by atoms with Crippen molar-refractivity contribution in [2.45, 2.75) is 57.9 Å². The van der Waals surface area contributed by atoms with Gasteiger partial charge in [0.2, 0.25) is 0 Å². The molecule has 116 valence electrons. The van der Waals surface area contributed by atoms with Gasteiger partial charge in [-0.1, -0.05) is 37.5 Å². The van der Waals surface area contributed by atoms with Gasteiger partial charge in [0.05, 0.1) is 0 Å². The summed E-state index contributed by atoms with van der Waals surface area (Å²) < 4.78 is 0. The maximum Gasteiger partial charge on any atom is 0.0458 e. The van der Waals surface area contributed by atoms with Gasteiger partial charge in [0.25, 0.3) is 0 Å². The van der Waals surface area contributed by atoms with E-state index in [1.807, 2.05) is 0 Å². The average Bonchev–Trinajstić information content (AvgIpc) is 2.80. The zero-order chi connectivity index (χ0) is 13.8. The second-order valence-corrected chi connectivity index (χ2v) is 6.17. The fourth-order valence-corrected chi connectivity index (χ4v) is 3.53. The smallest absolute Gasteiger partial charge is 0.0458 e. The van der Waals surface area contributed by atoms with Gasteiger partial charge in [0.1, 0.15) is 0 Å². The van der Waals surface area contributed by atoms with Crippen LogP contribution >= 0.6 is 12.4 Å². The quantitative estimate of drug-likeness (QED) is 0.766. The van der Waals surface area contributed by atoms with Gasteiger partial charge in [-0.05, 0) is 50.8 Å². The highest BCUT2D eigenvalue weighted by atomic mass is 35.5. The molecule has 2 N–H and O–H groups in total. The Morgan fingerprint density at radius 3 is 2.71 bits per heavy atom. The van der Waals surface area contributed by atoms with E-state index in [2.05, 4.69) is 41.5 Å². The molecule has 3 heteroatoms. The molecule has 0 radical (unpaired) electrons. The number of para-hydroxylation sites is 1. The van der Waals surface area contributed by atoms with Gasteiger partial charge in [-0.25, -0.2) is 0 Å². The number of halogens is 1. The number of benzene rings is 1. The van der Waals surface area contributed by atoms with Gasteiger partial charge in [0.15, 0.2) is 0 Å². The first-order valence-electron chi connectivity index (χ1n) is 8.14. The van der Waals surface area contributed by atoms with Gasteiger partial charge < -0.3 is 10.3 Å². The number of H-pyrrole nitrogens is 1. The maximum absolute atomic E-state index is 3.74. The summed E-state index contributed by atoms with van der Waals surface area (Å²) in [6.07, 6.45) is 9.44. The van der Waals surface area contributed by atoms with Crippen molar-refractivity contribution in [2.24, 2.45) is 0 Å². The predicted molar refractivity (Wildman–Crippen MR) is 93.5 cm³/mol. The number of fused-ring (bicyclic) bond motifs is 1. The summed E-state index contributed by atoms with van der Waals surface area (Å²) in [4.78, 5) is 3.50. The molecule has 0 bridgehead atoms. The Bertz CT molecular complexity index is 555. The zero-order valence-corrected chi connectivity index (χ0v) is 13.8. The molecule has 1 aromatic carbocycles. The maximum atomic E-state index is 3.74. The fourth-order valence-electron chi connectivity index (χ4n) is 3.53. The summed E-state index contributed by atoms with van der Waals surface area (Å²) in [5, 5.41) is 5.15. The predicted octanol–water partition coefficient (Wildman–Crippen LogP) is 4.75. The van der Waals surface area contributed by atoms with E-state index < -0.39 is 0 Å². The molecule has 1 aromatic heterocycles. The van der Waals surface area contributed by atoms with Crippen LogP contribution in [0.25, 0.3) is 10.9 Å². The van der Waals surface area contributed by atoms with Crippen molar-refractivity contribution in [3.05, 3.63) is 35.5 Å². The molecule has 1 saturated carbocycles. The van der Waals surface area contributed by atoms with Crippen LogP contribution in [0.15, 0.2) is 24.3 Å². The Morgan fingerprint density at radius 1 is 1.14 bits per heavy atom. The minimum absolute atomic E-state index is 0. The Labute approximate surface area is 134 Å². The first-order valence-corrected chi connectivity index (χ1v) is 8.14. The molecular weight excluding hydrogens is 280 g/mol.